The SMILES string of the molecule is SNc1ccc(N(c2ccccc2)c2ccc3ccc4c(N(c5ccccc5)c5ccccc5)ccc5ccc2c3c54)cc1. The third kappa shape index (κ3) is 4.39. The molecule has 0 saturated carbocycles. The molecule has 0 aliphatic rings. The molecule has 0 heterocycles. The largest absolute Gasteiger partial charge is 0.332 e. The molecule has 4 heteroatoms. The lowest BCUT2D eigenvalue weighted by Crippen LogP contribution is -2.11. The first-order valence-corrected chi connectivity index (χ1v) is 15.2. The molecule has 0 radical (unpaired) electrons. The van der Waals surface area contributed by atoms with Crippen molar-refractivity contribution in [2.24, 2.45) is 0 Å². The maximum Gasteiger partial charge on any atom is 0.0540 e. The molecule has 0 aromatic heterocycles. The second-order valence-electron chi connectivity index (χ2n) is 10.9. The Hall–Kier alpha value is -5.45. The zero-order valence-corrected chi connectivity index (χ0v) is 24.8. The molecule has 0 unspecified atom stereocenters. The quantitative estimate of drug-likeness (QED) is 0.144. The van der Waals surface area contributed by atoms with Crippen LogP contribution < -0.4 is 14.5 Å². The molecule has 0 amide bonds. The van der Waals surface area contributed by atoms with Crippen LogP contribution in [-0.4, -0.2) is 0 Å². The van der Waals surface area contributed by atoms with Crippen LogP contribution in [-0.2, 0) is 0 Å². The normalized spacial score (nSPS) is 11.3. The van der Waals surface area contributed by atoms with Gasteiger partial charge in [0.15, 0.2) is 0 Å². The van der Waals surface area contributed by atoms with Gasteiger partial charge in [-0.3, -0.25) is 0 Å². The van der Waals surface area contributed by atoms with Crippen LogP contribution in [0.25, 0.3) is 32.3 Å². The molecule has 8 aromatic rings. The van der Waals surface area contributed by atoms with Gasteiger partial charge in [-0.2, -0.15) is 0 Å². The molecule has 8 aromatic carbocycles. The summed E-state index contributed by atoms with van der Waals surface area (Å²) >= 11 is 4.24. The predicted octanol–water partition coefficient (Wildman–Crippen LogP) is 11.8. The standard InChI is InChI=1S/C40H29N3S/c44-41-30-20-22-34(23-21-30)43(33-14-8-3-9-15-33)38-27-19-29-16-24-35-37(26-18-28-17-25-36(38)40(29)39(28)35)42(31-10-4-1-5-11-31)32-12-6-2-7-13-32/h1-27,41,44H. The predicted molar refractivity (Wildman–Crippen MR) is 192 cm³/mol. The second-order valence-corrected chi connectivity index (χ2v) is 11.2. The van der Waals surface area contributed by atoms with Crippen LogP contribution in [0.5, 0.6) is 0 Å². The summed E-state index contributed by atoms with van der Waals surface area (Å²) in [5.74, 6) is 0. The number of nitrogens with one attached hydrogen (secondary N) is 1. The highest BCUT2D eigenvalue weighted by Crippen LogP contribution is 2.47. The van der Waals surface area contributed by atoms with E-state index in [1.807, 2.05) is 0 Å². The number of nitrogens with zero attached hydrogens (tertiary/aromatic N) is 2. The van der Waals surface area contributed by atoms with E-state index in [1.54, 1.807) is 0 Å². The first-order chi connectivity index (χ1) is 21.8. The van der Waals surface area contributed by atoms with E-state index in [2.05, 4.69) is 191 Å². The Morgan fingerprint density at radius 1 is 0.364 bits per heavy atom. The van der Waals surface area contributed by atoms with E-state index in [-0.39, 0.29) is 0 Å². The number of para-hydroxylation sites is 3. The van der Waals surface area contributed by atoms with Crippen LogP contribution in [0.2, 0.25) is 0 Å². The highest BCUT2D eigenvalue weighted by Gasteiger charge is 2.21. The lowest BCUT2D eigenvalue weighted by molar-refractivity contribution is 1.30. The fourth-order valence-electron chi connectivity index (χ4n) is 6.43. The second kappa shape index (κ2) is 11.0. The van der Waals surface area contributed by atoms with Gasteiger partial charge in [0.1, 0.15) is 0 Å². The van der Waals surface area contributed by atoms with Crippen LogP contribution in [0.3, 0.4) is 0 Å². The van der Waals surface area contributed by atoms with Crippen LogP contribution in [0.15, 0.2) is 164 Å². The minimum Gasteiger partial charge on any atom is -0.332 e. The molecule has 3 nitrogen and oxygen atoms in total. The van der Waals surface area contributed by atoms with E-state index >= 15 is 0 Å². The van der Waals surface area contributed by atoms with Gasteiger partial charge in [0.2, 0.25) is 0 Å². The van der Waals surface area contributed by atoms with Crippen LogP contribution in [0.4, 0.5) is 39.8 Å². The number of rotatable bonds is 7. The Morgan fingerprint density at radius 2 is 0.727 bits per heavy atom. The Bertz CT molecular complexity index is 2160. The summed E-state index contributed by atoms with van der Waals surface area (Å²) in [6.45, 7) is 0. The van der Waals surface area contributed by atoms with Crippen molar-refractivity contribution >= 4 is 84.9 Å². The third-order valence-corrected chi connectivity index (χ3v) is 8.66. The highest BCUT2D eigenvalue weighted by atomic mass is 32.1. The van der Waals surface area contributed by atoms with Gasteiger partial charge >= 0.3 is 0 Å². The van der Waals surface area contributed by atoms with Crippen molar-refractivity contribution in [3.63, 3.8) is 0 Å². The van der Waals surface area contributed by atoms with E-state index in [4.69, 9.17) is 0 Å². The number of thiol groups is 1. The summed E-state index contributed by atoms with van der Waals surface area (Å²) in [5.41, 5.74) is 7.69. The van der Waals surface area contributed by atoms with Crippen molar-refractivity contribution in [2.45, 2.75) is 0 Å². The van der Waals surface area contributed by atoms with Crippen LogP contribution in [0, 0.1) is 0 Å². The molecule has 0 aliphatic carbocycles. The number of anilines is 7. The first kappa shape index (κ1) is 26.2. The van der Waals surface area contributed by atoms with Gasteiger partial charge in [-0.15, -0.1) is 0 Å². The highest BCUT2D eigenvalue weighted by molar-refractivity contribution is 7.81. The molecule has 0 aliphatic heterocycles. The van der Waals surface area contributed by atoms with Crippen molar-refractivity contribution in [1.82, 2.24) is 0 Å². The zero-order valence-electron chi connectivity index (χ0n) is 23.9. The Labute approximate surface area is 262 Å². The van der Waals surface area contributed by atoms with Gasteiger partial charge < -0.3 is 14.5 Å². The molecule has 0 spiro atoms. The minimum atomic E-state index is 0.953. The van der Waals surface area contributed by atoms with E-state index in [9.17, 15) is 0 Å². The van der Waals surface area contributed by atoms with E-state index in [0.717, 1.165) is 39.8 Å². The Balaban J connectivity index is 1.40. The lowest BCUT2D eigenvalue weighted by Gasteiger charge is -2.29. The van der Waals surface area contributed by atoms with Crippen LogP contribution >= 0.6 is 12.8 Å². The van der Waals surface area contributed by atoms with Gasteiger partial charge in [0, 0.05) is 39.2 Å². The summed E-state index contributed by atoms with van der Waals surface area (Å²) in [4.78, 5) is 4.70. The smallest absolute Gasteiger partial charge is 0.0540 e. The summed E-state index contributed by atoms with van der Waals surface area (Å²) in [6.07, 6.45) is 0. The first-order valence-electron chi connectivity index (χ1n) is 14.8. The average molecular weight is 584 g/mol. The van der Waals surface area contributed by atoms with Gasteiger partial charge in [0.05, 0.1) is 11.4 Å². The number of hydrogen-bond acceptors (Lipinski definition) is 4. The molecule has 0 atom stereocenters. The number of benzene rings is 8. The molecule has 44 heavy (non-hydrogen) atoms. The van der Waals surface area contributed by atoms with Crippen molar-refractivity contribution < 1.29 is 0 Å². The minimum absolute atomic E-state index is 0.953. The average Bonchev–Trinajstić information content (AvgIpc) is 3.10. The van der Waals surface area contributed by atoms with E-state index in [1.165, 1.54) is 32.3 Å². The van der Waals surface area contributed by atoms with Crippen molar-refractivity contribution in [2.75, 3.05) is 14.5 Å². The number of hydrogen-bond donors (Lipinski definition) is 2. The van der Waals surface area contributed by atoms with Crippen molar-refractivity contribution in [3.05, 3.63) is 164 Å². The van der Waals surface area contributed by atoms with Gasteiger partial charge in [-0.1, -0.05) is 104 Å². The molecular weight excluding hydrogens is 555 g/mol. The molecule has 210 valence electrons. The molecular formula is C40H29N3S. The Morgan fingerprint density at radius 3 is 1.11 bits per heavy atom. The van der Waals surface area contributed by atoms with Crippen molar-refractivity contribution in [3.8, 4) is 0 Å². The maximum absolute atomic E-state index is 4.24. The summed E-state index contributed by atoms with van der Waals surface area (Å²) in [5, 5.41) is 7.45. The topological polar surface area (TPSA) is 18.5 Å². The molecule has 0 fully saturated rings. The molecule has 8 rings (SSSR count). The Kier molecular flexibility index (Phi) is 6.55. The van der Waals surface area contributed by atoms with Gasteiger partial charge in [-0.25, -0.2) is 0 Å². The molecule has 0 saturated heterocycles. The van der Waals surface area contributed by atoms with Crippen LogP contribution in [0.1, 0.15) is 0 Å². The molecule has 1 N–H and O–H groups in total. The van der Waals surface area contributed by atoms with Crippen molar-refractivity contribution in [1.29, 1.82) is 0 Å². The summed E-state index contributed by atoms with van der Waals surface area (Å²) < 4.78 is 2.95. The van der Waals surface area contributed by atoms with Gasteiger partial charge in [0.25, 0.3) is 0 Å². The lowest BCUT2D eigenvalue weighted by atomic mass is 9.91. The summed E-state index contributed by atoms with van der Waals surface area (Å²) in [6, 6.07) is 58.4. The monoisotopic (exact) mass is 583 g/mol. The molecule has 0 bridgehead atoms. The van der Waals surface area contributed by atoms with Gasteiger partial charge in [-0.05, 0) is 94.3 Å². The fraction of sp³-hybridized carbons (Fsp3) is 0. The van der Waals surface area contributed by atoms with E-state index < -0.39 is 0 Å². The summed E-state index contributed by atoms with van der Waals surface area (Å²) in [7, 11) is 0. The fourth-order valence-corrected chi connectivity index (χ4v) is 6.58. The zero-order chi connectivity index (χ0) is 29.5. The third-order valence-electron chi connectivity index (χ3n) is 8.40. The maximum atomic E-state index is 4.24. The van der Waals surface area contributed by atoms with E-state index in [0.29, 0.717) is 0 Å².